The first-order chi connectivity index (χ1) is 20.6. The second kappa shape index (κ2) is 14.3. The molecule has 2 amide bonds. The number of sulfonamides is 1. The van der Waals surface area contributed by atoms with Crippen LogP contribution in [0.15, 0.2) is 112 Å². The first-order valence-corrected chi connectivity index (χ1v) is 15.9. The Morgan fingerprint density at radius 2 is 1.56 bits per heavy atom. The summed E-state index contributed by atoms with van der Waals surface area (Å²) in [5, 5.41) is 2.69. The van der Waals surface area contributed by atoms with Crippen LogP contribution in [0.2, 0.25) is 0 Å². The molecule has 0 saturated heterocycles. The number of hydrogen-bond donors (Lipinski definition) is 1. The number of benzene rings is 4. The van der Waals surface area contributed by atoms with E-state index >= 15 is 0 Å². The smallest absolute Gasteiger partial charge is 0.264 e. The maximum absolute atomic E-state index is 14.4. The monoisotopic (exact) mass is 663 g/mol. The minimum Gasteiger partial charge on any atom is -0.497 e. The van der Waals surface area contributed by atoms with Gasteiger partial charge in [0.25, 0.3) is 10.0 Å². The molecule has 0 aliphatic heterocycles. The fraction of sp³-hybridized carbons (Fsp3) is 0.212. The van der Waals surface area contributed by atoms with E-state index in [4.69, 9.17) is 4.74 Å². The second-order valence-corrected chi connectivity index (χ2v) is 12.8. The van der Waals surface area contributed by atoms with E-state index in [1.165, 1.54) is 31.2 Å². The Morgan fingerprint density at radius 1 is 0.884 bits per heavy atom. The van der Waals surface area contributed by atoms with Gasteiger partial charge in [-0.25, -0.2) is 8.42 Å². The average Bonchev–Trinajstić information content (AvgIpc) is 3.01. The fourth-order valence-corrected chi connectivity index (χ4v) is 6.54. The number of aryl methyl sites for hydroxylation is 1. The molecule has 8 nitrogen and oxygen atoms in total. The van der Waals surface area contributed by atoms with Gasteiger partial charge >= 0.3 is 0 Å². The molecule has 0 spiro atoms. The Bertz CT molecular complexity index is 1660. The number of anilines is 1. The minimum absolute atomic E-state index is 0.0411. The van der Waals surface area contributed by atoms with Crippen LogP contribution in [0.5, 0.6) is 5.75 Å². The van der Waals surface area contributed by atoms with Crippen LogP contribution in [-0.2, 0) is 32.6 Å². The van der Waals surface area contributed by atoms with E-state index in [2.05, 4.69) is 21.2 Å². The van der Waals surface area contributed by atoms with Gasteiger partial charge in [0, 0.05) is 30.6 Å². The highest BCUT2D eigenvalue weighted by Gasteiger charge is 2.34. The Balaban J connectivity index is 1.80. The SMILES string of the molecule is CNC(=O)[C@H](Cc1ccccc1)N(Cc1cccc(Br)c1)C(=O)CN(c1cccc(OC)c1)S(=O)(=O)c1ccc(C)cc1. The number of nitrogens with zero attached hydrogens (tertiary/aromatic N) is 2. The third-order valence-electron chi connectivity index (χ3n) is 6.99. The molecular weight excluding hydrogens is 630 g/mol. The molecule has 0 unspecified atom stereocenters. The van der Waals surface area contributed by atoms with Crippen LogP contribution in [0.3, 0.4) is 0 Å². The van der Waals surface area contributed by atoms with Crippen molar-refractivity contribution >= 4 is 43.5 Å². The summed E-state index contributed by atoms with van der Waals surface area (Å²) in [6.07, 6.45) is 0.240. The van der Waals surface area contributed by atoms with E-state index in [0.717, 1.165) is 25.5 Å². The van der Waals surface area contributed by atoms with Crippen molar-refractivity contribution in [2.24, 2.45) is 0 Å². The number of methoxy groups -OCH3 is 1. The summed E-state index contributed by atoms with van der Waals surface area (Å²) in [5.41, 5.74) is 2.80. The summed E-state index contributed by atoms with van der Waals surface area (Å²) in [5.74, 6) is -0.461. The Labute approximate surface area is 261 Å². The molecule has 43 heavy (non-hydrogen) atoms. The molecule has 1 atom stereocenters. The number of nitrogens with one attached hydrogen (secondary N) is 1. The van der Waals surface area contributed by atoms with Gasteiger partial charge in [-0.05, 0) is 54.4 Å². The van der Waals surface area contributed by atoms with Crippen LogP contribution in [0.1, 0.15) is 16.7 Å². The maximum atomic E-state index is 14.4. The number of rotatable bonds is 12. The number of hydrogen-bond acceptors (Lipinski definition) is 5. The van der Waals surface area contributed by atoms with E-state index in [0.29, 0.717) is 5.75 Å². The van der Waals surface area contributed by atoms with Crippen molar-refractivity contribution < 1.29 is 22.7 Å². The molecular formula is C33H34BrN3O5S. The quantitative estimate of drug-likeness (QED) is 0.221. The first kappa shape index (κ1) is 31.8. The number of amides is 2. The Kier molecular flexibility index (Phi) is 10.6. The molecule has 224 valence electrons. The zero-order valence-corrected chi connectivity index (χ0v) is 26.6. The van der Waals surface area contributed by atoms with Gasteiger partial charge in [-0.15, -0.1) is 0 Å². The van der Waals surface area contributed by atoms with Crippen LogP contribution < -0.4 is 14.4 Å². The summed E-state index contributed by atoms with van der Waals surface area (Å²) >= 11 is 3.48. The van der Waals surface area contributed by atoms with Gasteiger partial charge in [-0.1, -0.05) is 82.2 Å². The summed E-state index contributed by atoms with van der Waals surface area (Å²) < 4.78 is 35.4. The van der Waals surface area contributed by atoms with Crippen LogP contribution in [0.4, 0.5) is 5.69 Å². The maximum Gasteiger partial charge on any atom is 0.264 e. The van der Waals surface area contributed by atoms with Gasteiger partial charge in [0.1, 0.15) is 18.3 Å². The van der Waals surface area contributed by atoms with Gasteiger partial charge in [0.2, 0.25) is 11.8 Å². The van der Waals surface area contributed by atoms with Crippen molar-refractivity contribution in [3.8, 4) is 5.75 Å². The predicted molar refractivity (Wildman–Crippen MR) is 171 cm³/mol. The summed E-state index contributed by atoms with van der Waals surface area (Å²) in [4.78, 5) is 29.2. The van der Waals surface area contributed by atoms with Gasteiger partial charge < -0.3 is 15.0 Å². The minimum atomic E-state index is -4.19. The van der Waals surface area contributed by atoms with E-state index in [9.17, 15) is 18.0 Å². The number of carbonyl (C=O) groups excluding carboxylic acids is 2. The lowest BCUT2D eigenvalue weighted by Gasteiger charge is -2.33. The standard InChI is InChI=1S/C33H34BrN3O5S/c1-24-15-17-30(18-16-24)43(40,41)37(28-13-8-14-29(21-28)42-3)23-32(38)36(22-26-11-7-12-27(34)19-26)31(33(39)35-2)20-25-9-5-4-6-10-25/h4-19,21,31H,20,22-23H2,1-3H3,(H,35,39)/t31-/m0/s1. The molecule has 4 aromatic carbocycles. The molecule has 10 heteroatoms. The first-order valence-electron chi connectivity index (χ1n) is 13.6. The molecule has 0 aromatic heterocycles. The summed E-state index contributed by atoms with van der Waals surface area (Å²) in [6.45, 7) is 1.41. The van der Waals surface area contributed by atoms with Crippen molar-refractivity contribution in [1.82, 2.24) is 10.2 Å². The topological polar surface area (TPSA) is 96.0 Å². The lowest BCUT2D eigenvalue weighted by Crippen LogP contribution is -2.53. The summed E-state index contributed by atoms with van der Waals surface area (Å²) in [7, 11) is -1.19. The molecule has 0 bridgehead atoms. The highest BCUT2D eigenvalue weighted by Crippen LogP contribution is 2.28. The van der Waals surface area contributed by atoms with Gasteiger partial charge in [-0.2, -0.15) is 0 Å². The van der Waals surface area contributed by atoms with Crippen molar-refractivity contribution in [2.45, 2.75) is 30.8 Å². The zero-order valence-electron chi connectivity index (χ0n) is 24.2. The average molecular weight is 665 g/mol. The predicted octanol–water partition coefficient (Wildman–Crippen LogP) is 5.35. The zero-order chi connectivity index (χ0) is 31.0. The van der Waals surface area contributed by atoms with E-state index in [1.54, 1.807) is 36.4 Å². The Morgan fingerprint density at radius 3 is 2.21 bits per heavy atom. The van der Waals surface area contributed by atoms with Crippen molar-refractivity contribution in [3.05, 3.63) is 124 Å². The largest absolute Gasteiger partial charge is 0.497 e. The van der Waals surface area contributed by atoms with Crippen molar-refractivity contribution in [1.29, 1.82) is 0 Å². The summed E-state index contributed by atoms with van der Waals surface area (Å²) in [6, 6.07) is 28.9. The van der Waals surface area contributed by atoms with Gasteiger partial charge in [0.05, 0.1) is 17.7 Å². The molecule has 4 aromatic rings. The number of carbonyl (C=O) groups is 2. The van der Waals surface area contributed by atoms with E-state index < -0.39 is 28.5 Å². The van der Waals surface area contributed by atoms with Crippen molar-refractivity contribution in [3.63, 3.8) is 0 Å². The number of ether oxygens (including phenoxy) is 1. The second-order valence-electron chi connectivity index (χ2n) is 10.00. The van der Waals surface area contributed by atoms with Crippen LogP contribution in [0.25, 0.3) is 0 Å². The van der Waals surface area contributed by atoms with Crippen molar-refractivity contribution in [2.75, 3.05) is 25.0 Å². The van der Waals surface area contributed by atoms with Crippen LogP contribution in [0, 0.1) is 6.92 Å². The normalized spacial score (nSPS) is 11.8. The molecule has 4 rings (SSSR count). The highest BCUT2D eigenvalue weighted by molar-refractivity contribution is 9.10. The molecule has 0 aliphatic rings. The third kappa shape index (κ3) is 8.03. The lowest BCUT2D eigenvalue weighted by atomic mass is 10.0. The van der Waals surface area contributed by atoms with Crippen LogP contribution >= 0.6 is 15.9 Å². The lowest BCUT2D eigenvalue weighted by molar-refractivity contribution is -0.139. The van der Waals surface area contributed by atoms with E-state index in [-0.39, 0.29) is 29.5 Å². The molecule has 0 fully saturated rings. The Hall–Kier alpha value is -4.15. The number of likely N-dealkylation sites (N-methyl/N-ethyl adjacent to an activating group) is 1. The third-order valence-corrected chi connectivity index (χ3v) is 9.27. The fourth-order valence-electron chi connectivity index (χ4n) is 4.68. The van der Waals surface area contributed by atoms with E-state index in [1.807, 2.05) is 61.5 Å². The van der Waals surface area contributed by atoms with Crippen LogP contribution in [-0.4, -0.2) is 51.9 Å². The number of halogens is 1. The highest BCUT2D eigenvalue weighted by atomic mass is 79.9. The van der Waals surface area contributed by atoms with Gasteiger partial charge in [-0.3, -0.25) is 13.9 Å². The molecule has 0 radical (unpaired) electrons. The molecule has 1 N–H and O–H groups in total. The molecule has 0 saturated carbocycles. The molecule has 0 heterocycles. The van der Waals surface area contributed by atoms with Gasteiger partial charge in [0.15, 0.2) is 0 Å². The molecule has 0 aliphatic carbocycles.